The van der Waals surface area contributed by atoms with Crippen molar-refractivity contribution < 1.29 is 9.53 Å². The van der Waals surface area contributed by atoms with Gasteiger partial charge in [-0.1, -0.05) is 29.5 Å². The highest BCUT2D eigenvalue weighted by Gasteiger charge is 2.39. The van der Waals surface area contributed by atoms with Crippen LogP contribution in [-0.2, 0) is 15.1 Å². The van der Waals surface area contributed by atoms with Crippen molar-refractivity contribution in [3.05, 3.63) is 41.4 Å². The Morgan fingerprint density at radius 1 is 1.37 bits per heavy atom. The number of benzene rings is 1. The summed E-state index contributed by atoms with van der Waals surface area (Å²) in [5.74, 6) is -0.131. The summed E-state index contributed by atoms with van der Waals surface area (Å²) in [7, 11) is 0. The second kappa shape index (κ2) is 4.66. The molecule has 5 heteroatoms. The fraction of sp³-hybridized carbons (Fsp3) is 0.286. The van der Waals surface area contributed by atoms with E-state index in [-0.39, 0.29) is 5.97 Å². The fourth-order valence-corrected chi connectivity index (χ4v) is 3.04. The van der Waals surface area contributed by atoms with Gasteiger partial charge < -0.3 is 10.1 Å². The zero-order valence-electron chi connectivity index (χ0n) is 10.6. The predicted molar refractivity (Wildman–Crippen MR) is 74.5 cm³/mol. The predicted octanol–water partition coefficient (Wildman–Crippen LogP) is 3.44. The lowest BCUT2D eigenvalue weighted by Gasteiger charge is -2.19. The number of nitrogens with zero attached hydrogens (tertiary/aromatic N) is 1. The second-order valence-corrected chi connectivity index (χ2v) is 5.76. The van der Waals surface area contributed by atoms with E-state index in [2.05, 4.69) is 10.3 Å². The molecule has 19 heavy (non-hydrogen) atoms. The second-order valence-electron chi connectivity index (χ2n) is 4.73. The highest BCUT2D eigenvalue weighted by atomic mass is 32.1. The van der Waals surface area contributed by atoms with E-state index in [0.717, 1.165) is 22.1 Å². The Bertz CT molecular complexity index is 597. The van der Waals surface area contributed by atoms with Gasteiger partial charge in [-0.05, 0) is 19.1 Å². The molecule has 3 rings (SSSR count). The number of carbonyl (C=O) groups excluding carboxylic acids is 1. The average Bonchev–Trinajstić information content (AvgIpc) is 2.99. The molecule has 98 valence electrons. The lowest BCUT2D eigenvalue weighted by atomic mass is 10.0. The number of rotatable bonds is 3. The van der Waals surface area contributed by atoms with Gasteiger partial charge in [0.15, 0.2) is 5.13 Å². The first-order valence-electron chi connectivity index (χ1n) is 6.16. The van der Waals surface area contributed by atoms with Crippen LogP contribution in [0.3, 0.4) is 0 Å². The maximum absolute atomic E-state index is 11.3. The van der Waals surface area contributed by atoms with Gasteiger partial charge in [0.25, 0.3) is 0 Å². The van der Waals surface area contributed by atoms with Crippen LogP contribution in [0.1, 0.15) is 24.6 Å². The Morgan fingerprint density at radius 3 is 2.84 bits per heavy atom. The molecule has 0 aliphatic carbocycles. The molecule has 1 aromatic heterocycles. The van der Waals surface area contributed by atoms with E-state index in [4.69, 9.17) is 4.74 Å². The van der Waals surface area contributed by atoms with Crippen LogP contribution in [0.15, 0.2) is 36.5 Å². The Labute approximate surface area is 115 Å². The largest absolute Gasteiger partial charge is 0.454 e. The molecule has 2 heterocycles. The highest BCUT2D eigenvalue weighted by Crippen LogP contribution is 2.40. The van der Waals surface area contributed by atoms with Crippen LogP contribution in [0.4, 0.5) is 10.8 Å². The molecule has 1 aliphatic rings. The van der Waals surface area contributed by atoms with Gasteiger partial charge in [-0.2, -0.15) is 0 Å². The molecule has 4 nitrogen and oxygen atoms in total. The summed E-state index contributed by atoms with van der Waals surface area (Å²) < 4.78 is 5.40. The minimum absolute atomic E-state index is 0.131. The minimum Gasteiger partial charge on any atom is -0.454 e. The van der Waals surface area contributed by atoms with Gasteiger partial charge in [-0.15, -0.1) is 0 Å². The Hall–Kier alpha value is -1.88. The third-order valence-corrected chi connectivity index (χ3v) is 4.36. The van der Waals surface area contributed by atoms with Crippen LogP contribution in [-0.4, -0.2) is 11.0 Å². The van der Waals surface area contributed by atoms with Crippen molar-refractivity contribution in [1.29, 1.82) is 0 Å². The van der Waals surface area contributed by atoms with E-state index in [0.29, 0.717) is 6.42 Å². The lowest BCUT2D eigenvalue weighted by Crippen LogP contribution is -2.19. The molecule has 0 bridgehead atoms. The number of anilines is 2. The molecular weight excluding hydrogens is 260 g/mol. The standard InChI is InChI=1S/C14H14N2O2S/c1-14(8-7-12(17)18-14)11-9-15-13(19-11)16-10-5-3-2-4-6-10/h2-6,9H,7-8H2,1H3,(H,15,16)/t14-/m0/s1. The number of cyclic esters (lactones) is 1. The first-order chi connectivity index (χ1) is 9.16. The smallest absolute Gasteiger partial charge is 0.306 e. The first-order valence-corrected chi connectivity index (χ1v) is 6.98. The minimum atomic E-state index is -0.509. The van der Waals surface area contributed by atoms with E-state index in [1.807, 2.05) is 37.3 Å². The van der Waals surface area contributed by atoms with E-state index in [1.54, 1.807) is 6.20 Å². The van der Waals surface area contributed by atoms with Crippen molar-refractivity contribution in [2.24, 2.45) is 0 Å². The van der Waals surface area contributed by atoms with Crippen LogP contribution in [0.5, 0.6) is 0 Å². The van der Waals surface area contributed by atoms with Gasteiger partial charge in [-0.3, -0.25) is 4.79 Å². The normalized spacial score (nSPS) is 22.3. The van der Waals surface area contributed by atoms with Gasteiger partial charge in [0.1, 0.15) is 5.60 Å². The molecule has 1 saturated heterocycles. The van der Waals surface area contributed by atoms with Crippen molar-refractivity contribution in [3.8, 4) is 0 Å². The number of nitrogens with one attached hydrogen (secondary N) is 1. The third kappa shape index (κ3) is 2.46. The zero-order chi connectivity index (χ0) is 13.3. The van der Waals surface area contributed by atoms with Crippen LogP contribution < -0.4 is 5.32 Å². The van der Waals surface area contributed by atoms with Gasteiger partial charge in [0.05, 0.1) is 4.88 Å². The van der Waals surface area contributed by atoms with E-state index in [1.165, 1.54) is 11.3 Å². The molecule has 0 spiro atoms. The number of esters is 1. The van der Waals surface area contributed by atoms with Crippen LogP contribution >= 0.6 is 11.3 Å². The zero-order valence-corrected chi connectivity index (χ0v) is 11.4. The molecule has 0 radical (unpaired) electrons. The summed E-state index contributed by atoms with van der Waals surface area (Å²) in [6.45, 7) is 1.94. The molecule has 0 unspecified atom stereocenters. The molecule has 0 saturated carbocycles. The molecule has 1 aromatic carbocycles. The quantitative estimate of drug-likeness (QED) is 0.871. The summed E-state index contributed by atoms with van der Waals surface area (Å²) >= 11 is 1.53. The molecule has 2 aromatic rings. The number of carbonyl (C=O) groups is 1. The molecule has 1 fully saturated rings. The topological polar surface area (TPSA) is 51.2 Å². The monoisotopic (exact) mass is 274 g/mol. The van der Waals surface area contributed by atoms with Crippen molar-refractivity contribution in [2.75, 3.05) is 5.32 Å². The fourth-order valence-electron chi connectivity index (χ4n) is 2.09. The van der Waals surface area contributed by atoms with Crippen molar-refractivity contribution in [2.45, 2.75) is 25.4 Å². The number of aromatic nitrogens is 1. The summed E-state index contributed by atoms with van der Waals surface area (Å²) in [6, 6.07) is 9.88. The van der Waals surface area contributed by atoms with E-state index >= 15 is 0 Å². The van der Waals surface area contributed by atoms with Gasteiger partial charge in [-0.25, -0.2) is 4.98 Å². The molecular formula is C14H14N2O2S. The van der Waals surface area contributed by atoms with Crippen molar-refractivity contribution >= 4 is 28.1 Å². The summed E-state index contributed by atoms with van der Waals surface area (Å²) in [5.41, 5.74) is 0.489. The highest BCUT2D eigenvalue weighted by molar-refractivity contribution is 7.15. The van der Waals surface area contributed by atoms with E-state index in [9.17, 15) is 4.79 Å². The molecule has 1 aliphatic heterocycles. The van der Waals surface area contributed by atoms with Crippen LogP contribution in [0.25, 0.3) is 0 Å². The van der Waals surface area contributed by atoms with Crippen LogP contribution in [0.2, 0.25) is 0 Å². The number of hydrogen-bond acceptors (Lipinski definition) is 5. The SMILES string of the molecule is C[C@@]1(c2cnc(Nc3ccccc3)s2)CCC(=O)O1. The van der Waals surface area contributed by atoms with Gasteiger partial charge >= 0.3 is 5.97 Å². The average molecular weight is 274 g/mol. The molecule has 1 N–H and O–H groups in total. The Balaban J connectivity index is 1.78. The van der Waals surface area contributed by atoms with Crippen molar-refractivity contribution in [1.82, 2.24) is 4.98 Å². The van der Waals surface area contributed by atoms with E-state index < -0.39 is 5.60 Å². The molecule has 1 atom stereocenters. The maximum atomic E-state index is 11.3. The molecule has 0 amide bonds. The number of thiazole rings is 1. The third-order valence-electron chi connectivity index (χ3n) is 3.20. The summed E-state index contributed by atoms with van der Waals surface area (Å²) in [5, 5.41) is 4.05. The number of ether oxygens (including phenoxy) is 1. The van der Waals surface area contributed by atoms with Crippen molar-refractivity contribution in [3.63, 3.8) is 0 Å². The maximum Gasteiger partial charge on any atom is 0.306 e. The number of para-hydroxylation sites is 1. The number of hydrogen-bond donors (Lipinski definition) is 1. The van der Waals surface area contributed by atoms with Gasteiger partial charge in [0, 0.05) is 24.7 Å². The Morgan fingerprint density at radius 2 is 2.16 bits per heavy atom. The lowest BCUT2D eigenvalue weighted by molar-refractivity contribution is -0.147. The van der Waals surface area contributed by atoms with Gasteiger partial charge in [0.2, 0.25) is 0 Å². The van der Waals surface area contributed by atoms with Crippen LogP contribution in [0, 0.1) is 0 Å². The Kier molecular flexibility index (Phi) is 2.98. The summed E-state index contributed by atoms with van der Waals surface area (Å²) in [4.78, 5) is 16.6. The first kappa shape index (κ1) is 12.2. The summed E-state index contributed by atoms with van der Waals surface area (Å²) in [6.07, 6.45) is 2.99.